The van der Waals surface area contributed by atoms with Gasteiger partial charge in [0.05, 0.1) is 0 Å². The Kier molecular flexibility index (Phi) is 4.10. The Hall–Kier alpha value is -1.68. The van der Waals surface area contributed by atoms with E-state index < -0.39 is 0 Å². The maximum absolute atomic E-state index is 6.02. The van der Waals surface area contributed by atoms with Gasteiger partial charge < -0.3 is 15.6 Å². The van der Waals surface area contributed by atoms with Gasteiger partial charge in [-0.1, -0.05) is 11.6 Å². The van der Waals surface area contributed by atoms with Crippen LogP contribution in [0.2, 0.25) is 5.02 Å². The number of hydrogen-bond donors (Lipinski definition) is 3. The summed E-state index contributed by atoms with van der Waals surface area (Å²) >= 11 is 6.02. The van der Waals surface area contributed by atoms with Crippen molar-refractivity contribution in [2.75, 3.05) is 20.6 Å². The Morgan fingerprint density at radius 2 is 2.28 bits per heavy atom. The molecule has 0 fully saturated rings. The fraction of sp³-hybridized carbons (Fsp3) is 0.308. The first-order chi connectivity index (χ1) is 8.74. The number of nitrogens with one attached hydrogen (secondary N) is 3. The molecule has 18 heavy (non-hydrogen) atoms. The van der Waals surface area contributed by atoms with Crippen LogP contribution in [-0.4, -0.2) is 31.6 Å². The number of hydrogen-bond acceptors (Lipinski definition) is 1. The normalized spacial score (nSPS) is 11.8. The van der Waals surface area contributed by atoms with Crippen LogP contribution >= 0.6 is 11.6 Å². The summed E-state index contributed by atoms with van der Waals surface area (Å²) in [4.78, 5) is 7.32. The van der Waals surface area contributed by atoms with Crippen LogP contribution in [0.5, 0.6) is 0 Å². The van der Waals surface area contributed by atoms with Gasteiger partial charge in [0.25, 0.3) is 0 Å². The molecule has 0 saturated carbocycles. The van der Waals surface area contributed by atoms with Crippen LogP contribution in [0, 0.1) is 0 Å². The molecule has 1 aromatic heterocycles. The molecule has 0 radical (unpaired) electrons. The smallest absolute Gasteiger partial charge is 0.190 e. The van der Waals surface area contributed by atoms with Crippen molar-refractivity contribution in [2.24, 2.45) is 4.99 Å². The van der Waals surface area contributed by atoms with E-state index in [0.29, 0.717) is 0 Å². The Labute approximate surface area is 111 Å². The van der Waals surface area contributed by atoms with E-state index in [1.807, 2.05) is 31.4 Å². The molecule has 3 N–H and O–H groups in total. The van der Waals surface area contributed by atoms with Crippen LogP contribution in [0.3, 0.4) is 0 Å². The van der Waals surface area contributed by atoms with Crippen LogP contribution in [0.25, 0.3) is 10.9 Å². The van der Waals surface area contributed by atoms with Crippen LogP contribution in [0.15, 0.2) is 29.4 Å². The fourth-order valence-electron chi connectivity index (χ4n) is 1.95. The number of halogens is 1. The quantitative estimate of drug-likeness (QED) is 0.588. The number of guanidine groups is 1. The minimum absolute atomic E-state index is 0.766. The Morgan fingerprint density at radius 3 is 3.00 bits per heavy atom. The second-order valence-corrected chi connectivity index (χ2v) is 4.44. The van der Waals surface area contributed by atoms with E-state index in [1.54, 1.807) is 7.05 Å². The van der Waals surface area contributed by atoms with E-state index in [-0.39, 0.29) is 0 Å². The number of H-pyrrole nitrogens is 1. The second kappa shape index (κ2) is 5.78. The third kappa shape index (κ3) is 2.76. The topological polar surface area (TPSA) is 52.2 Å². The molecule has 2 rings (SSSR count). The predicted molar refractivity (Wildman–Crippen MR) is 77.4 cm³/mol. The summed E-state index contributed by atoms with van der Waals surface area (Å²) < 4.78 is 0. The molecule has 1 aromatic carbocycles. The molecule has 0 bridgehead atoms. The van der Waals surface area contributed by atoms with Gasteiger partial charge in [0.1, 0.15) is 0 Å². The summed E-state index contributed by atoms with van der Waals surface area (Å²) in [7, 11) is 3.60. The first-order valence-electron chi connectivity index (χ1n) is 5.88. The minimum atomic E-state index is 0.766. The Bertz CT molecular complexity index is 559. The van der Waals surface area contributed by atoms with Gasteiger partial charge in [0.15, 0.2) is 5.96 Å². The zero-order chi connectivity index (χ0) is 13.0. The van der Waals surface area contributed by atoms with Crippen molar-refractivity contribution in [1.82, 2.24) is 15.6 Å². The van der Waals surface area contributed by atoms with E-state index >= 15 is 0 Å². The highest BCUT2D eigenvalue weighted by Gasteiger charge is 2.04. The number of rotatable bonds is 3. The van der Waals surface area contributed by atoms with Gasteiger partial charge in [-0.3, -0.25) is 4.99 Å². The molecule has 5 heteroatoms. The molecule has 0 unspecified atom stereocenters. The summed E-state index contributed by atoms with van der Waals surface area (Å²) in [6, 6.07) is 5.89. The standard InChI is InChI=1S/C13H17ClN4/c1-15-13(16-2)17-6-5-9-8-18-12-4-3-10(14)7-11(9)12/h3-4,7-8,18H,5-6H2,1-2H3,(H2,15,16,17). The molecular weight excluding hydrogens is 248 g/mol. The third-order valence-corrected chi connectivity index (χ3v) is 3.11. The third-order valence-electron chi connectivity index (χ3n) is 2.88. The lowest BCUT2D eigenvalue weighted by Crippen LogP contribution is -2.35. The van der Waals surface area contributed by atoms with Gasteiger partial charge in [-0.25, -0.2) is 0 Å². The van der Waals surface area contributed by atoms with Gasteiger partial charge in [-0.15, -0.1) is 0 Å². The monoisotopic (exact) mass is 264 g/mol. The number of aliphatic imine (C=N–C) groups is 1. The van der Waals surface area contributed by atoms with Crippen molar-refractivity contribution >= 4 is 28.5 Å². The molecule has 0 spiro atoms. The molecule has 0 aliphatic rings. The van der Waals surface area contributed by atoms with Crippen molar-refractivity contribution in [3.63, 3.8) is 0 Å². The molecule has 96 valence electrons. The highest BCUT2D eigenvalue weighted by atomic mass is 35.5. The molecule has 0 aliphatic heterocycles. The first kappa shape index (κ1) is 12.8. The van der Waals surface area contributed by atoms with Crippen molar-refractivity contribution in [2.45, 2.75) is 6.42 Å². The molecular formula is C13H17ClN4. The van der Waals surface area contributed by atoms with Crippen molar-refractivity contribution in [3.05, 3.63) is 35.0 Å². The first-order valence-corrected chi connectivity index (χ1v) is 6.26. The lowest BCUT2D eigenvalue weighted by atomic mass is 10.1. The van der Waals surface area contributed by atoms with E-state index in [4.69, 9.17) is 11.6 Å². The lowest BCUT2D eigenvalue weighted by Gasteiger charge is -2.07. The second-order valence-electron chi connectivity index (χ2n) is 4.00. The Morgan fingerprint density at radius 1 is 1.44 bits per heavy atom. The highest BCUT2D eigenvalue weighted by molar-refractivity contribution is 6.31. The lowest BCUT2D eigenvalue weighted by molar-refractivity contribution is 0.837. The van der Waals surface area contributed by atoms with Crippen molar-refractivity contribution in [3.8, 4) is 0 Å². The van der Waals surface area contributed by atoms with Gasteiger partial charge in [-0.05, 0) is 30.2 Å². The summed E-state index contributed by atoms with van der Waals surface area (Å²) in [6.07, 6.45) is 2.95. The summed E-state index contributed by atoms with van der Waals surface area (Å²) in [6.45, 7) is 0.826. The van der Waals surface area contributed by atoms with Gasteiger partial charge in [0, 0.05) is 42.8 Å². The maximum atomic E-state index is 6.02. The predicted octanol–water partition coefficient (Wildman–Crippen LogP) is 2.16. The van der Waals surface area contributed by atoms with Gasteiger partial charge in [0.2, 0.25) is 0 Å². The number of benzene rings is 1. The van der Waals surface area contributed by atoms with Crippen LogP contribution < -0.4 is 10.6 Å². The molecule has 0 saturated heterocycles. The SMILES string of the molecule is CN=C(NC)NCCc1c[nH]c2ccc(Cl)cc12. The molecule has 0 atom stereocenters. The zero-order valence-electron chi connectivity index (χ0n) is 10.5. The fourth-order valence-corrected chi connectivity index (χ4v) is 2.12. The zero-order valence-corrected chi connectivity index (χ0v) is 11.3. The van der Waals surface area contributed by atoms with E-state index in [0.717, 1.165) is 29.5 Å². The van der Waals surface area contributed by atoms with Crippen molar-refractivity contribution in [1.29, 1.82) is 0 Å². The average molecular weight is 265 g/mol. The van der Waals surface area contributed by atoms with Gasteiger partial charge in [-0.2, -0.15) is 0 Å². The highest BCUT2D eigenvalue weighted by Crippen LogP contribution is 2.22. The maximum Gasteiger partial charge on any atom is 0.190 e. The molecule has 1 heterocycles. The van der Waals surface area contributed by atoms with E-state index in [2.05, 4.69) is 20.6 Å². The number of aromatic amines is 1. The number of fused-ring (bicyclic) bond motifs is 1. The average Bonchev–Trinajstić information content (AvgIpc) is 2.77. The summed E-state index contributed by atoms with van der Waals surface area (Å²) in [5.74, 6) is 0.799. The van der Waals surface area contributed by atoms with Crippen LogP contribution in [0.1, 0.15) is 5.56 Å². The molecule has 2 aromatic rings. The van der Waals surface area contributed by atoms with Gasteiger partial charge >= 0.3 is 0 Å². The van der Waals surface area contributed by atoms with E-state index in [9.17, 15) is 0 Å². The molecule has 0 aliphatic carbocycles. The van der Waals surface area contributed by atoms with Crippen LogP contribution in [0.4, 0.5) is 0 Å². The van der Waals surface area contributed by atoms with E-state index in [1.165, 1.54) is 10.9 Å². The van der Waals surface area contributed by atoms with Crippen LogP contribution in [-0.2, 0) is 6.42 Å². The largest absolute Gasteiger partial charge is 0.361 e. The minimum Gasteiger partial charge on any atom is -0.361 e. The number of nitrogens with zero attached hydrogens (tertiary/aromatic N) is 1. The Balaban J connectivity index is 2.06. The molecule has 0 amide bonds. The summed E-state index contributed by atoms with van der Waals surface area (Å²) in [5, 5.41) is 8.17. The summed E-state index contributed by atoms with van der Waals surface area (Å²) in [5.41, 5.74) is 2.37. The molecule has 4 nitrogen and oxygen atoms in total. The number of aromatic nitrogens is 1. The van der Waals surface area contributed by atoms with Crippen molar-refractivity contribution < 1.29 is 0 Å².